The number of thiazole rings is 1. The Labute approximate surface area is 169 Å². The number of hydrogen-bond donors (Lipinski definition) is 1. The molecule has 0 spiro atoms. The zero-order valence-electron chi connectivity index (χ0n) is 14.2. The molecule has 0 aliphatic heterocycles. The number of benzene rings is 2. The van der Waals surface area contributed by atoms with Crippen LogP contribution in [-0.4, -0.2) is 17.5 Å². The van der Waals surface area contributed by atoms with Gasteiger partial charge in [-0.25, -0.2) is 4.98 Å². The Bertz CT molecular complexity index is 935. The van der Waals surface area contributed by atoms with Gasteiger partial charge in [0.1, 0.15) is 5.75 Å². The van der Waals surface area contributed by atoms with E-state index >= 15 is 0 Å². The maximum absolute atomic E-state index is 12.2. The maximum atomic E-state index is 12.2. The first-order valence-corrected chi connectivity index (χ1v) is 9.89. The lowest BCUT2D eigenvalue weighted by atomic mass is 10.1. The number of ether oxygens (including phenoxy) is 1. The molecule has 0 radical (unpaired) electrons. The van der Waals surface area contributed by atoms with Crippen molar-refractivity contribution in [1.82, 2.24) is 4.98 Å². The van der Waals surface area contributed by atoms with Crippen LogP contribution in [0.5, 0.6) is 5.75 Å². The lowest BCUT2D eigenvalue weighted by Gasteiger charge is -2.12. The monoisotopic (exact) mass is 450 g/mol. The summed E-state index contributed by atoms with van der Waals surface area (Å²) in [5.41, 5.74) is 3.51. The van der Waals surface area contributed by atoms with Crippen molar-refractivity contribution in [3.63, 3.8) is 0 Å². The van der Waals surface area contributed by atoms with E-state index in [0.717, 1.165) is 32.6 Å². The Morgan fingerprint density at radius 1 is 1.27 bits per heavy atom. The second kappa shape index (κ2) is 8.20. The molecular weight excluding hydrogens is 436 g/mol. The fourth-order valence-corrected chi connectivity index (χ4v) is 4.19. The van der Waals surface area contributed by atoms with Gasteiger partial charge < -0.3 is 4.74 Å². The van der Waals surface area contributed by atoms with Crippen LogP contribution in [0.25, 0.3) is 11.3 Å². The van der Waals surface area contributed by atoms with Crippen LogP contribution in [0.1, 0.15) is 11.1 Å². The van der Waals surface area contributed by atoms with E-state index in [1.165, 1.54) is 11.3 Å². The molecule has 1 N–H and O–H groups in total. The van der Waals surface area contributed by atoms with Gasteiger partial charge in [-0.3, -0.25) is 10.1 Å². The zero-order chi connectivity index (χ0) is 18.7. The van der Waals surface area contributed by atoms with Gasteiger partial charge in [0.2, 0.25) is 0 Å². The Kier molecular flexibility index (Phi) is 5.96. The van der Waals surface area contributed by atoms with Crippen LogP contribution >= 0.6 is 38.9 Å². The van der Waals surface area contributed by atoms with Gasteiger partial charge in [-0.15, -0.1) is 11.3 Å². The lowest BCUT2D eigenvalue weighted by molar-refractivity contribution is -0.118. The number of nitrogens with zero attached hydrogens (tertiary/aromatic N) is 1. The van der Waals surface area contributed by atoms with Gasteiger partial charge in [-0.2, -0.15) is 0 Å². The Hall–Kier alpha value is -1.89. The number of rotatable bonds is 5. The highest BCUT2D eigenvalue weighted by molar-refractivity contribution is 9.10. The van der Waals surface area contributed by atoms with E-state index < -0.39 is 0 Å². The SMILES string of the molecule is Cc1cc(Br)cc(C)c1OCC(=O)Nc1nc(-c2ccccc2Cl)cs1. The van der Waals surface area contributed by atoms with E-state index in [-0.39, 0.29) is 12.5 Å². The Balaban J connectivity index is 1.64. The molecule has 0 saturated carbocycles. The summed E-state index contributed by atoms with van der Waals surface area (Å²) < 4.78 is 6.68. The average Bonchev–Trinajstić information content (AvgIpc) is 3.02. The number of anilines is 1. The smallest absolute Gasteiger partial charge is 0.264 e. The highest BCUT2D eigenvalue weighted by atomic mass is 79.9. The molecule has 7 heteroatoms. The minimum absolute atomic E-state index is 0.0790. The average molecular weight is 452 g/mol. The summed E-state index contributed by atoms with van der Waals surface area (Å²) in [6.45, 7) is 3.81. The molecule has 0 aliphatic rings. The first-order chi connectivity index (χ1) is 12.4. The summed E-state index contributed by atoms with van der Waals surface area (Å²) in [4.78, 5) is 16.6. The van der Waals surface area contributed by atoms with Crippen LogP contribution in [0.3, 0.4) is 0 Å². The maximum Gasteiger partial charge on any atom is 0.264 e. The normalized spacial score (nSPS) is 10.6. The molecule has 1 aromatic heterocycles. The van der Waals surface area contributed by atoms with Gasteiger partial charge in [0.05, 0.1) is 5.69 Å². The first kappa shape index (κ1) is 18.9. The molecule has 3 rings (SSSR count). The van der Waals surface area contributed by atoms with Crippen molar-refractivity contribution in [1.29, 1.82) is 0 Å². The van der Waals surface area contributed by atoms with Crippen LogP contribution in [0, 0.1) is 13.8 Å². The van der Waals surface area contributed by atoms with Crippen molar-refractivity contribution in [3.8, 4) is 17.0 Å². The molecule has 0 aliphatic carbocycles. The third kappa shape index (κ3) is 4.44. The largest absolute Gasteiger partial charge is 0.483 e. The molecule has 0 bridgehead atoms. The van der Waals surface area contributed by atoms with Gasteiger partial charge >= 0.3 is 0 Å². The van der Waals surface area contributed by atoms with Crippen LogP contribution in [0.4, 0.5) is 5.13 Å². The van der Waals surface area contributed by atoms with E-state index in [1.807, 2.05) is 55.6 Å². The molecule has 0 unspecified atom stereocenters. The topological polar surface area (TPSA) is 51.2 Å². The van der Waals surface area contributed by atoms with Crippen molar-refractivity contribution >= 4 is 49.9 Å². The molecule has 1 amide bonds. The van der Waals surface area contributed by atoms with Crippen molar-refractivity contribution < 1.29 is 9.53 Å². The number of amides is 1. The van der Waals surface area contributed by atoms with Crippen LogP contribution in [-0.2, 0) is 4.79 Å². The molecule has 3 aromatic rings. The number of aromatic nitrogens is 1. The summed E-state index contributed by atoms with van der Waals surface area (Å²) in [6.07, 6.45) is 0. The van der Waals surface area contributed by atoms with Crippen molar-refractivity contribution in [2.75, 3.05) is 11.9 Å². The van der Waals surface area contributed by atoms with E-state index in [0.29, 0.717) is 10.2 Å². The summed E-state index contributed by atoms with van der Waals surface area (Å²) in [5, 5.41) is 5.76. The third-order valence-electron chi connectivity index (χ3n) is 3.67. The molecule has 2 aromatic carbocycles. The molecule has 1 heterocycles. The third-order valence-corrected chi connectivity index (χ3v) is 5.22. The fourth-order valence-electron chi connectivity index (χ4n) is 2.54. The van der Waals surface area contributed by atoms with E-state index in [4.69, 9.17) is 16.3 Å². The number of hydrogen-bond acceptors (Lipinski definition) is 4. The van der Waals surface area contributed by atoms with Gasteiger partial charge in [0, 0.05) is 20.4 Å². The summed E-state index contributed by atoms with van der Waals surface area (Å²) in [6, 6.07) is 11.4. The number of halogens is 2. The standard InChI is InChI=1S/C19H16BrClN2O2S/c1-11-7-13(20)8-12(2)18(11)25-9-17(24)23-19-22-16(10-26-19)14-5-3-4-6-15(14)21/h3-8,10H,9H2,1-2H3,(H,22,23,24). The minimum Gasteiger partial charge on any atom is -0.483 e. The second-order valence-electron chi connectivity index (χ2n) is 5.72. The van der Waals surface area contributed by atoms with Crippen LogP contribution < -0.4 is 10.1 Å². The number of carbonyl (C=O) groups excluding carboxylic acids is 1. The minimum atomic E-state index is -0.258. The summed E-state index contributed by atoms with van der Waals surface area (Å²) >= 11 is 11.0. The predicted octanol–water partition coefficient (Wildman–Crippen LogP) is 5.86. The molecule has 0 fully saturated rings. The van der Waals surface area contributed by atoms with Gasteiger partial charge in [0.15, 0.2) is 11.7 Å². The second-order valence-corrected chi connectivity index (χ2v) is 7.90. The van der Waals surface area contributed by atoms with E-state index in [9.17, 15) is 4.79 Å². The van der Waals surface area contributed by atoms with Gasteiger partial charge in [-0.1, -0.05) is 45.7 Å². The lowest BCUT2D eigenvalue weighted by Crippen LogP contribution is -2.20. The molecule has 0 atom stereocenters. The Morgan fingerprint density at radius 2 is 1.96 bits per heavy atom. The molecule has 0 saturated heterocycles. The molecule has 134 valence electrons. The van der Waals surface area contributed by atoms with Gasteiger partial charge in [-0.05, 0) is 43.2 Å². The zero-order valence-corrected chi connectivity index (χ0v) is 17.3. The highest BCUT2D eigenvalue weighted by Crippen LogP contribution is 2.30. The molecule has 26 heavy (non-hydrogen) atoms. The highest BCUT2D eigenvalue weighted by Gasteiger charge is 2.12. The van der Waals surface area contributed by atoms with Crippen molar-refractivity contribution in [3.05, 3.63) is 62.4 Å². The van der Waals surface area contributed by atoms with Crippen LogP contribution in [0.2, 0.25) is 5.02 Å². The fraction of sp³-hybridized carbons (Fsp3) is 0.158. The van der Waals surface area contributed by atoms with Crippen molar-refractivity contribution in [2.24, 2.45) is 0 Å². The Morgan fingerprint density at radius 3 is 2.65 bits per heavy atom. The first-order valence-electron chi connectivity index (χ1n) is 7.84. The number of nitrogens with one attached hydrogen (secondary N) is 1. The summed E-state index contributed by atoms with van der Waals surface area (Å²) in [5.74, 6) is 0.464. The predicted molar refractivity (Wildman–Crippen MR) is 110 cm³/mol. The quantitative estimate of drug-likeness (QED) is 0.528. The van der Waals surface area contributed by atoms with Crippen LogP contribution in [0.15, 0.2) is 46.3 Å². The summed E-state index contributed by atoms with van der Waals surface area (Å²) in [7, 11) is 0. The molecule has 4 nitrogen and oxygen atoms in total. The van der Waals surface area contributed by atoms with E-state index in [2.05, 4.69) is 26.2 Å². The van der Waals surface area contributed by atoms with Gasteiger partial charge in [0.25, 0.3) is 5.91 Å². The van der Waals surface area contributed by atoms with Crippen molar-refractivity contribution in [2.45, 2.75) is 13.8 Å². The molecular formula is C19H16BrClN2O2S. The number of aryl methyl sites for hydroxylation is 2. The van der Waals surface area contributed by atoms with E-state index in [1.54, 1.807) is 0 Å². The number of carbonyl (C=O) groups is 1.